The smallest absolute Gasteiger partial charge is 0.254 e. The molecular formula is C15H17FN4O. The number of rotatable bonds is 5. The number of hydrogen-bond donors (Lipinski definition) is 2. The summed E-state index contributed by atoms with van der Waals surface area (Å²) in [6, 6.07) is 6.24. The number of anilines is 1. The first-order valence-electron chi connectivity index (χ1n) is 6.66. The summed E-state index contributed by atoms with van der Waals surface area (Å²) < 4.78 is 12.8. The van der Waals surface area contributed by atoms with Gasteiger partial charge >= 0.3 is 0 Å². The Balaban J connectivity index is 1.93. The van der Waals surface area contributed by atoms with Gasteiger partial charge in [0.15, 0.2) is 0 Å². The zero-order valence-electron chi connectivity index (χ0n) is 11.9. The van der Waals surface area contributed by atoms with Gasteiger partial charge in [0, 0.05) is 25.0 Å². The van der Waals surface area contributed by atoms with E-state index in [0.29, 0.717) is 18.1 Å². The molecule has 0 bridgehead atoms. The van der Waals surface area contributed by atoms with Crippen molar-refractivity contribution in [2.45, 2.75) is 26.4 Å². The molecule has 0 unspecified atom stereocenters. The Labute approximate surface area is 122 Å². The van der Waals surface area contributed by atoms with Crippen molar-refractivity contribution in [2.24, 2.45) is 0 Å². The molecule has 6 heteroatoms. The van der Waals surface area contributed by atoms with Crippen molar-refractivity contribution in [3.63, 3.8) is 0 Å². The number of carbonyl (C=O) groups excluding carboxylic acids is 1. The highest BCUT2D eigenvalue weighted by Crippen LogP contribution is 2.06. The van der Waals surface area contributed by atoms with Gasteiger partial charge in [-0.25, -0.2) is 14.4 Å². The molecule has 0 aliphatic rings. The quantitative estimate of drug-likeness (QED) is 0.886. The Kier molecular flexibility index (Phi) is 4.81. The molecule has 0 aliphatic heterocycles. The molecule has 1 aromatic carbocycles. The molecule has 0 aliphatic carbocycles. The highest BCUT2D eigenvalue weighted by atomic mass is 19.1. The highest BCUT2D eigenvalue weighted by Gasteiger charge is 2.08. The molecule has 1 aromatic heterocycles. The maximum Gasteiger partial charge on any atom is 0.254 e. The van der Waals surface area contributed by atoms with Crippen LogP contribution in [0.4, 0.5) is 10.3 Å². The SMILES string of the molecule is CC(C)NC(=O)c1cnc(NCc2ccc(F)cc2)nc1. The van der Waals surface area contributed by atoms with E-state index >= 15 is 0 Å². The molecule has 0 fully saturated rings. The zero-order valence-corrected chi connectivity index (χ0v) is 11.9. The normalized spacial score (nSPS) is 10.5. The minimum atomic E-state index is -0.268. The first-order valence-corrected chi connectivity index (χ1v) is 6.66. The third-order valence-corrected chi connectivity index (χ3v) is 2.70. The standard InChI is InChI=1S/C15H17FN4O/c1-10(2)20-14(21)12-8-18-15(19-9-12)17-7-11-3-5-13(16)6-4-11/h3-6,8-10H,7H2,1-2H3,(H,20,21)(H,17,18,19). The largest absolute Gasteiger partial charge is 0.350 e. The fraction of sp³-hybridized carbons (Fsp3) is 0.267. The van der Waals surface area contributed by atoms with Crippen LogP contribution in [0.2, 0.25) is 0 Å². The topological polar surface area (TPSA) is 66.9 Å². The van der Waals surface area contributed by atoms with Crippen LogP contribution in [0.15, 0.2) is 36.7 Å². The number of halogens is 1. The van der Waals surface area contributed by atoms with Gasteiger partial charge in [0.2, 0.25) is 5.95 Å². The number of carbonyl (C=O) groups is 1. The summed E-state index contributed by atoms with van der Waals surface area (Å²) in [5.74, 6) is -0.0500. The van der Waals surface area contributed by atoms with E-state index in [2.05, 4.69) is 20.6 Å². The number of aromatic nitrogens is 2. The first kappa shape index (κ1) is 14.9. The van der Waals surface area contributed by atoms with Gasteiger partial charge in [-0.1, -0.05) is 12.1 Å². The van der Waals surface area contributed by atoms with Crippen LogP contribution in [0.5, 0.6) is 0 Å². The Morgan fingerprint density at radius 3 is 2.38 bits per heavy atom. The Morgan fingerprint density at radius 2 is 1.81 bits per heavy atom. The molecule has 0 spiro atoms. The average Bonchev–Trinajstić information content (AvgIpc) is 2.46. The molecule has 1 heterocycles. The number of hydrogen-bond acceptors (Lipinski definition) is 4. The van der Waals surface area contributed by atoms with Crippen molar-refractivity contribution >= 4 is 11.9 Å². The lowest BCUT2D eigenvalue weighted by atomic mass is 10.2. The molecule has 2 aromatic rings. The van der Waals surface area contributed by atoms with Gasteiger partial charge in [-0.05, 0) is 31.5 Å². The Hall–Kier alpha value is -2.50. The van der Waals surface area contributed by atoms with Crippen LogP contribution >= 0.6 is 0 Å². The van der Waals surface area contributed by atoms with Crippen molar-refractivity contribution < 1.29 is 9.18 Å². The van der Waals surface area contributed by atoms with Gasteiger partial charge in [0.05, 0.1) is 5.56 Å². The van der Waals surface area contributed by atoms with E-state index in [0.717, 1.165) is 5.56 Å². The van der Waals surface area contributed by atoms with Crippen LogP contribution in [-0.4, -0.2) is 21.9 Å². The monoisotopic (exact) mass is 288 g/mol. The van der Waals surface area contributed by atoms with E-state index < -0.39 is 0 Å². The second kappa shape index (κ2) is 6.78. The Bertz CT molecular complexity index is 596. The number of nitrogens with one attached hydrogen (secondary N) is 2. The maximum atomic E-state index is 12.8. The predicted octanol–water partition coefficient (Wildman–Crippen LogP) is 2.37. The number of nitrogens with zero attached hydrogens (tertiary/aromatic N) is 2. The molecule has 110 valence electrons. The molecule has 0 radical (unpaired) electrons. The fourth-order valence-electron chi connectivity index (χ4n) is 1.67. The fourth-order valence-corrected chi connectivity index (χ4v) is 1.67. The van der Waals surface area contributed by atoms with Gasteiger partial charge in [-0.3, -0.25) is 4.79 Å². The summed E-state index contributed by atoms with van der Waals surface area (Å²) in [6.07, 6.45) is 2.94. The Morgan fingerprint density at radius 1 is 1.19 bits per heavy atom. The van der Waals surface area contributed by atoms with Crippen LogP contribution in [-0.2, 0) is 6.54 Å². The van der Waals surface area contributed by atoms with Crippen molar-refractivity contribution in [2.75, 3.05) is 5.32 Å². The average molecular weight is 288 g/mol. The first-order chi connectivity index (χ1) is 10.0. The predicted molar refractivity (Wildman–Crippen MR) is 78.4 cm³/mol. The van der Waals surface area contributed by atoms with E-state index in [1.165, 1.54) is 24.5 Å². The third-order valence-electron chi connectivity index (χ3n) is 2.70. The number of benzene rings is 1. The minimum Gasteiger partial charge on any atom is -0.350 e. The molecule has 0 atom stereocenters. The summed E-state index contributed by atoms with van der Waals surface area (Å²) in [4.78, 5) is 19.9. The van der Waals surface area contributed by atoms with Gasteiger partial charge in [-0.15, -0.1) is 0 Å². The molecule has 21 heavy (non-hydrogen) atoms. The zero-order chi connectivity index (χ0) is 15.2. The van der Waals surface area contributed by atoms with Crippen molar-refractivity contribution in [3.8, 4) is 0 Å². The summed E-state index contributed by atoms with van der Waals surface area (Å²) in [5, 5.41) is 5.78. The van der Waals surface area contributed by atoms with E-state index in [4.69, 9.17) is 0 Å². The van der Waals surface area contributed by atoms with Crippen molar-refractivity contribution in [1.29, 1.82) is 0 Å². The lowest BCUT2D eigenvalue weighted by Gasteiger charge is -2.08. The molecule has 0 saturated heterocycles. The van der Waals surface area contributed by atoms with Gasteiger partial charge in [-0.2, -0.15) is 0 Å². The lowest BCUT2D eigenvalue weighted by Crippen LogP contribution is -2.30. The van der Waals surface area contributed by atoms with Crippen LogP contribution in [0.25, 0.3) is 0 Å². The molecular weight excluding hydrogens is 271 g/mol. The highest BCUT2D eigenvalue weighted by molar-refractivity contribution is 5.93. The second-order valence-corrected chi connectivity index (χ2v) is 4.90. The number of amides is 1. The van der Waals surface area contributed by atoms with Crippen molar-refractivity contribution in [1.82, 2.24) is 15.3 Å². The molecule has 2 rings (SSSR count). The lowest BCUT2D eigenvalue weighted by molar-refractivity contribution is 0.0942. The minimum absolute atomic E-state index is 0.0637. The molecule has 0 saturated carbocycles. The van der Waals surface area contributed by atoms with Crippen LogP contribution in [0.1, 0.15) is 29.8 Å². The second-order valence-electron chi connectivity index (χ2n) is 4.90. The van der Waals surface area contributed by atoms with E-state index in [1.807, 2.05) is 13.8 Å². The van der Waals surface area contributed by atoms with E-state index in [9.17, 15) is 9.18 Å². The van der Waals surface area contributed by atoms with Crippen LogP contribution < -0.4 is 10.6 Å². The van der Waals surface area contributed by atoms with Gasteiger partial charge in [0.1, 0.15) is 5.82 Å². The summed E-state index contributed by atoms with van der Waals surface area (Å²) in [5.41, 5.74) is 1.33. The van der Waals surface area contributed by atoms with Crippen LogP contribution in [0, 0.1) is 5.82 Å². The molecule has 5 nitrogen and oxygen atoms in total. The van der Waals surface area contributed by atoms with Gasteiger partial charge in [0.25, 0.3) is 5.91 Å². The molecule has 2 N–H and O–H groups in total. The maximum absolute atomic E-state index is 12.8. The summed E-state index contributed by atoms with van der Waals surface area (Å²) >= 11 is 0. The third kappa shape index (κ3) is 4.52. The van der Waals surface area contributed by atoms with Crippen molar-refractivity contribution in [3.05, 3.63) is 53.6 Å². The van der Waals surface area contributed by atoms with E-state index in [1.54, 1.807) is 12.1 Å². The van der Waals surface area contributed by atoms with Crippen LogP contribution in [0.3, 0.4) is 0 Å². The molecule has 1 amide bonds. The summed E-state index contributed by atoms with van der Waals surface area (Å²) in [6.45, 7) is 4.26. The van der Waals surface area contributed by atoms with E-state index in [-0.39, 0.29) is 17.8 Å². The van der Waals surface area contributed by atoms with Gasteiger partial charge < -0.3 is 10.6 Å². The summed E-state index contributed by atoms with van der Waals surface area (Å²) in [7, 11) is 0.